The van der Waals surface area contributed by atoms with Crippen molar-refractivity contribution >= 4 is 28.2 Å². The molecule has 0 aliphatic heterocycles. The maximum Gasteiger partial charge on any atom is 0.241 e. The number of aromatic nitrogens is 1. The molecule has 112 valence electrons. The van der Waals surface area contributed by atoms with Crippen LogP contribution in [0.25, 0.3) is 10.9 Å². The second kappa shape index (κ2) is 6.43. The molecule has 1 aromatic carbocycles. The zero-order valence-corrected chi connectivity index (χ0v) is 12.8. The van der Waals surface area contributed by atoms with Crippen molar-refractivity contribution in [1.82, 2.24) is 9.88 Å². The van der Waals surface area contributed by atoms with Crippen LogP contribution in [0.15, 0.2) is 30.5 Å². The molecule has 0 unspecified atom stereocenters. The zero-order chi connectivity index (χ0) is 15.4. The number of carbonyl (C=O) groups is 1. The van der Waals surface area contributed by atoms with Gasteiger partial charge < -0.3 is 15.5 Å². The number of likely N-dealkylation sites (N-methyl/N-ethyl adjacent to an activating group) is 1. The first-order chi connectivity index (χ1) is 10.0. The minimum atomic E-state index is 0.0735. The quantitative estimate of drug-likeness (QED) is 0.855. The van der Waals surface area contributed by atoms with Crippen LogP contribution in [0.3, 0.4) is 0 Å². The standard InChI is InChI=1S/C16H22N4O/c1-4-10-20(11-15(21)19(2)3)14-8-7-13(17)12-6-5-9-18-16(12)14/h5-9H,4,10-11,17H2,1-3H3. The number of pyridine rings is 1. The highest BCUT2D eigenvalue weighted by Gasteiger charge is 2.16. The normalized spacial score (nSPS) is 10.6. The molecule has 1 heterocycles. The first-order valence-corrected chi connectivity index (χ1v) is 7.13. The van der Waals surface area contributed by atoms with Gasteiger partial charge in [0.05, 0.1) is 17.7 Å². The third-order valence-corrected chi connectivity index (χ3v) is 3.44. The molecule has 0 aliphatic carbocycles. The second-order valence-corrected chi connectivity index (χ2v) is 5.28. The minimum Gasteiger partial charge on any atom is -0.398 e. The van der Waals surface area contributed by atoms with Gasteiger partial charge in [0, 0.05) is 37.9 Å². The lowest BCUT2D eigenvalue weighted by atomic mass is 10.1. The smallest absolute Gasteiger partial charge is 0.241 e. The highest BCUT2D eigenvalue weighted by molar-refractivity contribution is 5.99. The Bertz CT molecular complexity index is 639. The molecule has 0 bridgehead atoms. The monoisotopic (exact) mass is 286 g/mol. The summed E-state index contributed by atoms with van der Waals surface area (Å²) in [5.74, 6) is 0.0735. The first-order valence-electron chi connectivity index (χ1n) is 7.13. The van der Waals surface area contributed by atoms with Crippen LogP contribution in [0, 0.1) is 0 Å². The van der Waals surface area contributed by atoms with Crippen molar-refractivity contribution in [2.75, 3.05) is 37.8 Å². The Kier molecular flexibility index (Phi) is 4.62. The number of nitrogens with two attached hydrogens (primary N) is 1. The number of nitrogen functional groups attached to an aromatic ring is 1. The number of amides is 1. The fraction of sp³-hybridized carbons (Fsp3) is 0.375. The van der Waals surface area contributed by atoms with Crippen LogP contribution < -0.4 is 10.6 Å². The van der Waals surface area contributed by atoms with Gasteiger partial charge in [-0.05, 0) is 30.7 Å². The number of fused-ring (bicyclic) bond motifs is 1. The van der Waals surface area contributed by atoms with Gasteiger partial charge in [-0.1, -0.05) is 6.92 Å². The number of benzene rings is 1. The van der Waals surface area contributed by atoms with Gasteiger partial charge in [-0.25, -0.2) is 0 Å². The fourth-order valence-electron chi connectivity index (χ4n) is 2.29. The Hall–Kier alpha value is -2.30. The van der Waals surface area contributed by atoms with Crippen LogP contribution >= 0.6 is 0 Å². The molecule has 2 rings (SSSR count). The van der Waals surface area contributed by atoms with Gasteiger partial charge in [0.1, 0.15) is 0 Å². The van der Waals surface area contributed by atoms with E-state index < -0.39 is 0 Å². The number of rotatable bonds is 5. The van der Waals surface area contributed by atoms with Crippen molar-refractivity contribution in [3.63, 3.8) is 0 Å². The summed E-state index contributed by atoms with van der Waals surface area (Å²) in [6, 6.07) is 7.65. The Morgan fingerprint density at radius 2 is 2.05 bits per heavy atom. The molecule has 5 heteroatoms. The van der Waals surface area contributed by atoms with E-state index in [1.165, 1.54) is 0 Å². The Balaban J connectivity index is 2.45. The van der Waals surface area contributed by atoms with E-state index >= 15 is 0 Å². The van der Waals surface area contributed by atoms with E-state index in [4.69, 9.17) is 5.73 Å². The third kappa shape index (κ3) is 3.24. The molecule has 0 spiro atoms. The molecule has 0 saturated heterocycles. The van der Waals surface area contributed by atoms with E-state index in [2.05, 4.69) is 16.8 Å². The summed E-state index contributed by atoms with van der Waals surface area (Å²) in [6.45, 7) is 3.24. The molecule has 0 saturated carbocycles. The van der Waals surface area contributed by atoms with Crippen LogP contribution in [-0.4, -0.2) is 43.0 Å². The summed E-state index contributed by atoms with van der Waals surface area (Å²) >= 11 is 0. The summed E-state index contributed by atoms with van der Waals surface area (Å²) in [5.41, 5.74) is 8.52. The molecule has 21 heavy (non-hydrogen) atoms. The van der Waals surface area contributed by atoms with E-state index in [1.807, 2.05) is 24.3 Å². The molecule has 0 atom stereocenters. The SMILES string of the molecule is CCCN(CC(=O)N(C)C)c1ccc(N)c2cccnc12. The Labute approximate surface area is 125 Å². The highest BCUT2D eigenvalue weighted by atomic mass is 16.2. The van der Waals surface area contributed by atoms with Gasteiger partial charge >= 0.3 is 0 Å². The van der Waals surface area contributed by atoms with Crippen molar-refractivity contribution in [2.24, 2.45) is 0 Å². The molecule has 1 amide bonds. The van der Waals surface area contributed by atoms with Crippen molar-refractivity contribution < 1.29 is 4.79 Å². The van der Waals surface area contributed by atoms with Crippen LogP contribution in [0.1, 0.15) is 13.3 Å². The summed E-state index contributed by atoms with van der Waals surface area (Å²) in [4.78, 5) is 20.2. The van der Waals surface area contributed by atoms with E-state index in [0.29, 0.717) is 12.2 Å². The van der Waals surface area contributed by atoms with Crippen molar-refractivity contribution in [1.29, 1.82) is 0 Å². The molecule has 0 radical (unpaired) electrons. The van der Waals surface area contributed by atoms with E-state index in [0.717, 1.165) is 29.6 Å². The van der Waals surface area contributed by atoms with Gasteiger partial charge in [-0.3, -0.25) is 9.78 Å². The van der Waals surface area contributed by atoms with Gasteiger partial charge in [-0.2, -0.15) is 0 Å². The average Bonchev–Trinajstić information content (AvgIpc) is 2.47. The summed E-state index contributed by atoms with van der Waals surface area (Å²) in [6.07, 6.45) is 2.71. The number of nitrogens with zero attached hydrogens (tertiary/aromatic N) is 3. The largest absolute Gasteiger partial charge is 0.398 e. The van der Waals surface area contributed by atoms with Crippen LogP contribution in [0.4, 0.5) is 11.4 Å². The lowest BCUT2D eigenvalue weighted by molar-refractivity contribution is -0.127. The van der Waals surface area contributed by atoms with Crippen LogP contribution in [0.5, 0.6) is 0 Å². The van der Waals surface area contributed by atoms with Crippen molar-refractivity contribution in [3.8, 4) is 0 Å². The molecular weight excluding hydrogens is 264 g/mol. The zero-order valence-electron chi connectivity index (χ0n) is 12.8. The minimum absolute atomic E-state index is 0.0735. The maximum absolute atomic E-state index is 12.0. The third-order valence-electron chi connectivity index (χ3n) is 3.44. The predicted molar refractivity (Wildman–Crippen MR) is 87.4 cm³/mol. The lowest BCUT2D eigenvalue weighted by Gasteiger charge is -2.26. The van der Waals surface area contributed by atoms with Crippen LogP contribution in [-0.2, 0) is 4.79 Å². The molecular formula is C16H22N4O. The maximum atomic E-state index is 12.0. The average molecular weight is 286 g/mol. The van der Waals surface area contributed by atoms with E-state index in [-0.39, 0.29) is 5.91 Å². The molecule has 2 N–H and O–H groups in total. The first kappa shape index (κ1) is 15.1. The Morgan fingerprint density at radius 1 is 1.29 bits per heavy atom. The van der Waals surface area contributed by atoms with Gasteiger partial charge in [0.2, 0.25) is 5.91 Å². The lowest BCUT2D eigenvalue weighted by Crippen LogP contribution is -2.37. The topological polar surface area (TPSA) is 62.5 Å². The van der Waals surface area contributed by atoms with Gasteiger partial charge in [0.25, 0.3) is 0 Å². The molecule has 2 aromatic rings. The van der Waals surface area contributed by atoms with Gasteiger partial charge in [-0.15, -0.1) is 0 Å². The molecule has 0 fully saturated rings. The second-order valence-electron chi connectivity index (χ2n) is 5.28. The number of anilines is 2. The van der Waals surface area contributed by atoms with Crippen molar-refractivity contribution in [2.45, 2.75) is 13.3 Å². The predicted octanol–water partition coefficient (Wildman–Crippen LogP) is 2.12. The summed E-state index contributed by atoms with van der Waals surface area (Å²) in [5, 5.41) is 0.924. The molecule has 5 nitrogen and oxygen atoms in total. The number of hydrogen-bond donors (Lipinski definition) is 1. The summed E-state index contributed by atoms with van der Waals surface area (Å²) < 4.78 is 0. The van der Waals surface area contributed by atoms with E-state index in [1.54, 1.807) is 25.2 Å². The molecule has 0 aliphatic rings. The van der Waals surface area contributed by atoms with Crippen LogP contribution in [0.2, 0.25) is 0 Å². The van der Waals surface area contributed by atoms with Crippen molar-refractivity contribution in [3.05, 3.63) is 30.5 Å². The fourth-order valence-corrected chi connectivity index (χ4v) is 2.29. The van der Waals surface area contributed by atoms with E-state index in [9.17, 15) is 4.79 Å². The van der Waals surface area contributed by atoms with Gasteiger partial charge in [0.15, 0.2) is 0 Å². The molecule has 1 aromatic heterocycles. The Morgan fingerprint density at radius 3 is 2.71 bits per heavy atom. The number of carbonyl (C=O) groups excluding carboxylic acids is 1. The summed E-state index contributed by atoms with van der Waals surface area (Å²) in [7, 11) is 3.54. The number of hydrogen-bond acceptors (Lipinski definition) is 4. The highest BCUT2D eigenvalue weighted by Crippen LogP contribution is 2.29.